The molecule has 6 rings (SSSR count). The minimum atomic E-state index is -0.446. The summed E-state index contributed by atoms with van der Waals surface area (Å²) in [5.41, 5.74) is 0. The van der Waals surface area contributed by atoms with E-state index in [4.69, 9.17) is 0 Å². The fourth-order valence-corrected chi connectivity index (χ4v) is 8.97. The number of hydrogen-bond donors (Lipinski definition) is 0. The van der Waals surface area contributed by atoms with E-state index in [2.05, 4.69) is 182 Å². The van der Waals surface area contributed by atoms with Crippen molar-refractivity contribution in [2.24, 2.45) is 0 Å². The van der Waals surface area contributed by atoms with Gasteiger partial charge in [0.1, 0.15) is 0 Å². The summed E-state index contributed by atoms with van der Waals surface area (Å²) in [6.07, 6.45) is 0. The van der Waals surface area contributed by atoms with Crippen LogP contribution < -0.4 is 31.8 Å². The van der Waals surface area contributed by atoms with Gasteiger partial charge in [-0.1, -0.05) is 182 Å². The Labute approximate surface area is 249 Å². The summed E-state index contributed by atoms with van der Waals surface area (Å²) >= 11 is 0. The van der Waals surface area contributed by atoms with Crippen LogP contribution in [0.25, 0.3) is 0 Å². The van der Waals surface area contributed by atoms with E-state index in [-0.39, 0.29) is 21.1 Å². The molecule has 0 radical (unpaired) electrons. The van der Waals surface area contributed by atoms with E-state index in [1.165, 1.54) is 31.8 Å². The molecule has 0 aliphatic heterocycles. The van der Waals surface area contributed by atoms with Gasteiger partial charge in [0.2, 0.25) is 0 Å². The third-order valence-electron chi connectivity index (χ3n) is 6.09. The summed E-state index contributed by atoms with van der Waals surface area (Å²) in [5, 5.41) is 8.39. The third kappa shape index (κ3) is 7.94. The molecule has 0 amide bonds. The first-order valence-corrected chi connectivity index (χ1v) is 15.5. The molecule has 6 aromatic carbocycles. The van der Waals surface area contributed by atoms with Crippen LogP contribution >= 0.6 is 15.8 Å². The van der Waals surface area contributed by atoms with Crippen molar-refractivity contribution in [2.45, 2.75) is 0 Å². The van der Waals surface area contributed by atoms with Crippen molar-refractivity contribution in [1.82, 2.24) is 0 Å². The molecule has 6 aromatic rings. The van der Waals surface area contributed by atoms with E-state index >= 15 is 0 Å². The van der Waals surface area contributed by atoms with Crippen LogP contribution in [0.5, 0.6) is 0 Å². The van der Waals surface area contributed by atoms with Crippen LogP contribution in [0.4, 0.5) is 0 Å². The fourth-order valence-electron chi connectivity index (χ4n) is 4.36. The van der Waals surface area contributed by atoms with Crippen LogP contribution in [0.15, 0.2) is 182 Å². The van der Waals surface area contributed by atoms with E-state index in [1.54, 1.807) is 0 Å². The van der Waals surface area contributed by atoms with Gasteiger partial charge in [-0.2, -0.15) is 0 Å². The summed E-state index contributed by atoms with van der Waals surface area (Å²) in [6.45, 7) is 0. The molecule has 3 heteroatoms. The van der Waals surface area contributed by atoms with E-state index in [1.807, 2.05) is 0 Å². The van der Waals surface area contributed by atoms with Crippen molar-refractivity contribution in [3.05, 3.63) is 182 Å². The van der Waals surface area contributed by atoms with Crippen LogP contribution in [0, 0.1) is 0 Å². The predicted molar refractivity (Wildman–Crippen MR) is 170 cm³/mol. The van der Waals surface area contributed by atoms with Gasteiger partial charge in [0.15, 0.2) is 0 Å². The van der Waals surface area contributed by atoms with Crippen LogP contribution in [0.3, 0.4) is 0 Å². The molecule has 0 atom stereocenters. The standard InChI is InChI=1S/2C18H15P.Pt/c2*1-4-10-16(11-5-1)19(17-12-6-2-7-13-17)18-14-8-3-9-15-18;/h2*1-15H;. The van der Waals surface area contributed by atoms with Crippen LogP contribution in [0.1, 0.15) is 0 Å². The molecule has 0 aliphatic carbocycles. The average molecular weight is 720 g/mol. The van der Waals surface area contributed by atoms with E-state index in [9.17, 15) is 0 Å². The van der Waals surface area contributed by atoms with Crippen molar-refractivity contribution < 1.29 is 21.1 Å². The molecule has 0 fully saturated rings. The number of rotatable bonds is 6. The smallest absolute Gasteiger partial charge is 0 e. The van der Waals surface area contributed by atoms with Crippen LogP contribution in [0.2, 0.25) is 0 Å². The van der Waals surface area contributed by atoms with Gasteiger partial charge >= 0.3 is 0 Å². The van der Waals surface area contributed by atoms with Crippen molar-refractivity contribution in [1.29, 1.82) is 0 Å². The first-order valence-electron chi connectivity index (χ1n) is 12.8. The molecule has 0 N–H and O–H groups in total. The van der Waals surface area contributed by atoms with Gasteiger partial charge in [-0.3, -0.25) is 0 Å². The first-order chi connectivity index (χ1) is 18.9. The number of benzene rings is 6. The third-order valence-corrected chi connectivity index (χ3v) is 11.0. The maximum atomic E-state index is 2.23. The molecule has 0 nitrogen and oxygen atoms in total. The fraction of sp³-hybridized carbons (Fsp3) is 0. The quantitative estimate of drug-likeness (QED) is 0.165. The van der Waals surface area contributed by atoms with Gasteiger partial charge in [0.05, 0.1) is 0 Å². The molecule has 0 spiro atoms. The van der Waals surface area contributed by atoms with Crippen molar-refractivity contribution in [2.75, 3.05) is 0 Å². The monoisotopic (exact) mass is 719 g/mol. The van der Waals surface area contributed by atoms with E-state index in [0.29, 0.717) is 0 Å². The summed E-state index contributed by atoms with van der Waals surface area (Å²) in [6, 6.07) is 64.7. The first kappa shape index (κ1) is 28.9. The Kier molecular flexibility index (Phi) is 11.4. The van der Waals surface area contributed by atoms with Gasteiger partial charge in [0, 0.05) is 21.1 Å². The van der Waals surface area contributed by atoms with Crippen LogP contribution in [-0.4, -0.2) is 0 Å². The number of hydrogen-bond acceptors (Lipinski definition) is 0. The van der Waals surface area contributed by atoms with Gasteiger partial charge in [-0.15, -0.1) is 0 Å². The van der Waals surface area contributed by atoms with Gasteiger partial charge in [0.25, 0.3) is 0 Å². The second-order valence-electron chi connectivity index (χ2n) is 8.68. The molecular formula is C36H30P2Pt. The van der Waals surface area contributed by atoms with E-state index in [0.717, 1.165) is 0 Å². The topological polar surface area (TPSA) is 0 Å². The Hall–Kier alpha value is -3.13. The molecule has 0 saturated heterocycles. The van der Waals surface area contributed by atoms with Crippen molar-refractivity contribution in [3.8, 4) is 0 Å². The van der Waals surface area contributed by atoms with Crippen molar-refractivity contribution in [3.63, 3.8) is 0 Å². The molecule has 0 aliphatic rings. The molecule has 0 saturated carbocycles. The minimum Gasteiger partial charge on any atom is -0.0622 e. The zero-order chi connectivity index (χ0) is 25.8. The maximum absolute atomic E-state index is 2.23. The second-order valence-corrected chi connectivity index (χ2v) is 13.1. The molecule has 0 heterocycles. The van der Waals surface area contributed by atoms with Crippen molar-refractivity contribution >= 4 is 47.7 Å². The van der Waals surface area contributed by atoms with Gasteiger partial charge in [-0.05, 0) is 47.7 Å². The molecule has 39 heavy (non-hydrogen) atoms. The summed E-state index contributed by atoms with van der Waals surface area (Å²) < 4.78 is 0. The van der Waals surface area contributed by atoms with Gasteiger partial charge < -0.3 is 0 Å². The Bertz CT molecular complexity index is 1170. The second kappa shape index (κ2) is 15.5. The Morgan fingerprint density at radius 3 is 0.462 bits per heavy atom. The zero-order valence-corrected chi connectivity index (χ0v) is 25.6. The predicted octanol–water partition coefficient (Wildman–Crippen LogP) is 6.89. The van der Waals surface area contributed by atoms with E-state index < -0.39 is 15.8 Å². The SMILES string of the molecule is [Pt].c1ccc(P(c2ccccc2)c2ccccc2)cc1.c1ccc(P(c2ccccc2)c2ccccc2)cc1. The molecule has 0 aromatic heterocycles. The normalized spacial score (nSPS) is 10.3. The summed E-state index contributed by atoms with van der Waals surface area (Å²) in [4.78, 5) is 0. The Morgan fingerprint density at radius 2 is 0.333 bits per heavy atom. The summed E-state index contributed by atoms with van der Waals surface area (Å²) in [5.74, 6) is 0. The largest absolute Gasteiger partial charge is 0.0622 e. The van der Waals surface area contributed by atoms with Crippen LogP contribution in [-0.2, 0) is 21.1 Å². The molecular weight excluding hydrogens is 689 g/mol. The zero-order valence-electron chi connectivity index (χ0n) is 21.5. The average Bonchev–Trinajstić information content (AvgIpc) is 3.01. The van der Waals surface area contributed by atoms with Gasteiger partial charge in [-0.25, -0.2) is 0 Å². The summed E-state index contributed by atoms with van der Waals surface area (Å²) in [7, 11) is -0.892. The molecule has 0 bridgehead atoms. The molecule has 0 unspecified atom stereocenters. The minimum absolute atomic E-state index is 0. The molecule has 194 valence electrons. The maximum Gasteiger partial charge on any atom is 0 e. The Morgan fingerprint density at radius 1 is 0.205 bits per heavy atom. The Balaban J connectivity index is 0.000000176.